The van der Waals surface area contributed by atoms with Crippen LogP contribution in [0.2, 0.25) is 0 Å². The standard InChI is InChI=1S/C44H83O10P/c1-3-5-7-9-11-13-15-17-19-20-22-24-26-28-30-32-34-36-44(48)54-42(40-53-55(49,50)52-38-41(46)37-45)39-51-43(47)35-33-31-29-27-25-23-21-18-16-14-12-10-8-6-4-2/h10,12-13,15,41-42,45-46H,3-9,11,14,16-40H2,1-2H3,(H,49,50)/b12-10+,15-13+/t41-,42+/m0/s1. The summed E-state index contributed by atoms with van der Waals surface area (Å²) in [7, 11) is -4.61. The summed E-state index contributed by atoms with van der Waals surface area (Å²) >= 11 is 0. The quantitative estimate of drug-likeness (QED) is 0.0236. The van der Waals surface area contributed by atoms with Crippen molar-refractivity contribution in [2.24, 2.45) is 0 Å². The Hall–Kier alpha value is -1.55. The van der Waals surface area contributed by atoms with Crippen molar-refractivity contribution in [1.29, 1.82) is 0 Å². The molecule has 3 atom stereocenters. The van der Waals surface area contributed by atoms with Gasteiger partial charge in [0.2, 0.25) is 0 Å². The molecule has 0 aliphatic rings. The van der Waals surface area contributed by atoms with Gasteiger partial charge in [-0.05, 0) is 57.8 Å². The first-order chi connectivity index (χ1) is 26.7. The van der Waals surface area contributed by atoms with E-state index in [1.54, 1.807) is 0 Å². The molecule has 3 N–H and O–H groups in total. The molecule has 1 unspecified atom stereocenters. The van der Waals surface area contributed by atoms with Gasteiger partial charge in [-0.1, -0.05) is 160 Å². The zero-order valence-corrected chi connectivity index (χ0v) is 36.0. The Kier molecular flexibility index (Phi) is 39.5. The Bertz CT molecular complexity index is 972. The normalized spacial score (nSPS) is 14.1. The summed E-state index contributed by atoms with van der Waals surface area (Å²) in [4.78, 5) is 35.0. The van der Waals surface area contributed by atoms with Crippen molar-refractivity contribution in [3.63, 3.8) is 0 Å². The Labute approximate surface area is 336 Å². The number of phosphoric ester groups is 1. The molecular formula is C44H83O10P. The van der Waals surface area contributed by atoms with Gasteiger partial charge < -0.3 is 24.6 Å². The smallest absolute Gasteiger partial charge is 0.462 e. The van der Waals surface area contributed by atoms with Gasteiger partial charge in [0.25, 0.3) is 0 Å². The molecule has 0 rings (SSSR count). The number of rotatable bonds is 42. The predicted octanol–water partition coefficient (Wildman–Crippen LogP) is 11.8. The van der Waals surface area contributed by atoms with Crippen LogP contribution in [0.15, 0.2) is 24.3 Å². The van der Waals surface area contributed by atoms with E-state index in [9.17, 15) is 24.2 Å². The number of phosphoric acid groups is 1. The summed E-state index contributed by atoms with van der Waals surface area (Å²) < 4.78 is 32.7. The lowest BCUT2D eigenvalue weighted by atomic mass is 10.1. The van der Waals surface area contributed by atoms with Crippen LogP contribution in [-0.4, -0.2) is 65.7 Å². The third-order valence-electron chi connectivity index (χ3n) is 9.58. The van der Waals surface area contributed by atoms with E-state index < -0.39 is 51.8 Å². The number of hydrogen-bond donors (Lipinski definition) is 3. The topological polar surface area (TPSA) is 149 Å². The minimum atomic E-state index is -4.61. The number of hydrogen-bond acceptors (Lipinski definition) is 9. The van der Waals surface area contributed by atoms with Crippen LogP contribution in [0, 0.1) is 0 Å². The molecule has 0 aromatic rings. The number of unbranched alkanes of at least 4 members (excludes halogenated alkanes) is 24. The Morgan fingerprint density at radius 1 is 0.527 bits per heavy atom. The lowest BCUT2D eigenvalue weighted by molar-refractivity contribution is -0.161. The van der Waals surface area contributed by atoms with Gasteiger partial charge in [-0.25, -0.2) is 4.57 Å². The SMILES string of the molecule is CCCC/C=C/CCCCCCCCCCCC(=O)OC[C@H](COP(=O)(O)OC[C@@H](O)CO)OC(=O)CCCCCCCCCCC/C=C/CCCCCC. The van der Waals surface area contributed by atoms with Gasteiger partial charge in [-0.3, -0.25) is 18.6 Å². The highest BCUT2D eigenvalue weighted by Gasteiger charge is 2.27. The summed E-state index contributed by atoms with van der Waals surface area (Å²) in [5.41, 5.74) is 0. The largest absolute Gasteiger partial charge is 0.472 e. The molecule has 11 heteroatoms. The highest BCUT2D eigenvalue weighted by Crippen LogP contribution is 2.43. The molecule has 0 saturated heterocycles. The number of allylic oxidation sites excluding steroid dienone is 4. The molecule has 0 aromatic heterocycles. The van der Waals surface area contributed by atoms with Crippen molar-refractivity contribution >= 4 is 19.8 Å². The van der Waals surface area contributed by atoms with E-state index in [2.05, 4.69) is 38.2 Å². The molecule has 0 fully saturated rings. The van der Waals surface area contributed by atoms with E-state index in [4.69, 9.17) is 23.6 Å². The average molecular weight is 803 g/mol. The summed E-state index contributed by atoms with van der Waals surface area (Å²) in [5.74, 6) is -0.924. The van der Waals surface area contributed by atoms with Crippen molar-refractivity contribution < 1.29 is 47.8 Å². The zero-order chi connectivity index (χ0) is 40.5. The lowest BCUT2D eigenvalue weighted by Crippen LogP contribution is -2.29. The summed E-state index contributed by atoms with van der Waals surface area (Å²) in [6.45, 7) is 2.35. The van der Waals surface area contributed by atoms with Crippen LogP contribution in [0.25, 0.3) is 0 Å². The van der Waals surface area contributed by atoms with E-state index in [0.29, 0.717) is 12.8 Å². The third-order valence-corrected chi connectivity index (χ3v) is 10.5. The molecule has 0 saturated carbocycles. The fourth-order valence-corrected chi connectivity index (χ4v) is 6.88. The van der Waals surface area contributed by atoms with E-state index >= 15 is 0 Å². The maximum Gasteiger partial charge on any atom is 0.472 e. The van der Waals surface area contributed by atoms with Crippen LogP contribution in [0.5, 0.6) is 0 Å². The molecule has 0 amide bonds. The number of aliphatic hydroxyl groups is 2. The Balaban J connectivity index is 4.26. The molecular weight excluding hydrogens is 719 g/mol. The van der Waals surface area contributed by atoms with Crippen molar-refractivity contribution in [1.82, 2.24) is 0 Å². The second-order valence-corrected chi connectivity index (χ2v) is 16.5. The summed E-state index contributed by atoms with van der Waals surface area (Å²) in [6, 6.07) is 0. The molecule has 0 radical (unpaired) electrons. The van der Waals surface area contributed by atoms with Crippen LogP contribution in [0.4, 0.5) is 0 Å². The molecule has 0 aromatic carbocycles. The van der Waals surface area contributed by atoms with Crippen LogP contribution < -0.4 is 0 Å². The summed E-state index contributed by atoms with van der Waals surface area (Å²) in [6.07, 6.45) is 39.9. The van der Waals surface area contributed by atoms with Crippen LogP contribution in [-0.2, 0) is 32.7 Å². The predicted molar refractivity (Wildman–Crippen MR) is 224 cm³/mol. The third kappa shape index (κ3) is 40.4. The molecule has 10 nitrogen and oxygen atoms in total. The Morgan fingerprint density at radius 2 is 0.909 bits per heavy atom. The molecule has 0 heterocycles. The van der Waals surface area contributed by atoms with Gasteiger partial charge in [-0.15, -0.1) is 0 Å². The number of esters is 2. The highest BCUT2D eigenvalue weighted by atomic mass is 31.2. The molecule has 324 valence electrons. The minimum absolute atomic E-state index is 0.184. The van der Waals surface area contributed by atoms with Crippen molar-refractivity contribution in [2.75, 3.05) is 26.4 Å². The fourth-order valence-electron chi connectivity index (χ4n) is 6.09. The first-order valence-corrected chi connectivity index (χ1v) is 23.8. The zero-order valence-electron chi connectivity index (χ0n) is 35.2. The maximum absolute atomic E-state index is 12.6. The van der Waals surface area contributed by atoms with Crippen LogP contribution in [0.1, 0.15) is 206 Å². The Morgan fingerprint density at radius 3 is 1.36 bits per heavy atom. The highest BCUT2D eigenvalue weighted by molar-refractivity contribution is 7.47. The molecule has 55 heavy (non-hydrogen) atoms. The minimum Gasteiger partial charge on any atom is -0.462 e. The number of aliphatic hydroxyl groups excluding tert-OH is 2. The van der Waals surface area contributed by atoms with E-state index in [1.165, 1.54) is 128 Å². The van der Waals surface area contributed by atoms with E-state index in [-0.39, 0.29) is 19.4 Å². The number of carbonyl (C=O) groups excluding carboxylic acids is 2. The number of carbonyl (C=O) groups is 2. The molecule has 0 bridgehead atoms. The van der Waals surface area contributed by atoms with Gasteiger partial charge in [-0.2, -0.15) is 0 Å². The molecule has 0 aliphatic carbocycles. The van der Waals surface area contributed by atoms with E-state index in [1.807, 2.05) is 0 Å². The van der Waals surface area contributed by atoms with Gasteiger partial charge in [0.15, 0.2) is 6.10 Å². The van der Waals surface area contributed by atoms with Crippen molar-refractivity contribution in [3.05, 3.63) is 24.3 Å². The molecule has 0 spiro atoms. The fraction of sp³-hybridized carbons (Fsp3) is 0.864. The second kappa shape index (κ2) is 40.6. The van der Waals surface area contributed by atoms with Crippen molar-refractivity contribution in [3.8, 4) is 0 Å². The van der Waals surface area contributed by atoms with Crippen LogP contribution >= 0.6 is 7.82 Å². The first kappa shape index (κ1) is 53.5. The van der Waals surface area contributed by atoms with Gasteiger partial charge in [0, 0.05) is 12.8 Å². The lowest BCUT2D eigenvalue weighted by Gasteiger charge is -2.20. The maximum atomic E-state index is 12.6. The average Bonchev–Trinajstić information content (AvgIpc) is 3.17. The van der Waals surface area contributed by atoms with Gasteiger partial charge in [0.1, 0.15) is 12.7 Å². The summed E-state index contributed by atoms with van der Waals surface area (Å²) in [5, 5.41) is 18.3. The molecule has 0 aliphatic heterocycles. The second-order valence-electron chi connectivity index (χ2n) is 15.1. The van der Waals surface area contributed by atoms with Crippen molar-refractivity contribution in [2.45, 2.75) is 219 Å². The first-order valence-electron chi connectivity index (χ1n) is 22.3. The number of ether oxygens (including phenoxy) is 2. The van der Waals surface area contributed by atoms with Crippen LogP contribution in [0.3, 0.4) is 0 Å². The monoisotopic (exact) mass is 803 g/mol. The van der Waals surface area contributed by atoms with Gasteiger partial charge in [0.05, 0.1) is 19.8 Å². The van der Waals surface area contributed by atoms with Gasteiger partial charge >= 0.3 is 19.8 Å². The van der Waals surface area contributed by atoms with E-state index in [0.717, 1.165) is 38.5 Å².